The maximum Gasteiger partial charge on any atom is 0.254 e. The van der Waals surface area contributed by atoms with E-state index in [0.717, 1.165) is 28.8 Å². The molecule has 7 heteroatoms. The van der Waals surface area contributed by atoms with E-state index in [9.17, 15) is 14.0 Å². The van der Waals surface area contributed by atoms with Crippen molar-refractivity contribution < 1.29 is 18.7 Å². The van der Waals surface area contributed by atoms with Crippen LogP contribution in [0.1, 0.15) is 39.2 Å². The van der Waals surface area contributed by atoms with Crippen molar-refractivity contribution in [3.8, 4) is 0 Å². The Morgan fingerprint density at radius 2 is 1.82 bits per heavy atom. The van der Waals surface area contributed by atoms with E-state index in [4.69, 9.17) is 4.74 Å². The van der Waals surface area contributed by atoms with Crippen molar-refractivity contribution in [2.24, 2.45) is 0 Å². The van der Waals surface area contributed by atoms with Crippen molar-refractivity contribution in [2.75, 3.05) is 19.7 Å². The van der Waals surface area contributed by atoms with E-state index in [0.29, 0.717) is 31.8 Å². The average molecular weight is 481 g/mol. The number of hydrogen-bond acceptors (Lipinski definition) is 4. The minimum Gasteiger partial charge on any atom is -0.376 e. The molecule has 178 valence electrons. The first-order valence-corrected chi connectivity index (χ1v) is 12.4. The zero-order valence-corrected chi connectivity index (χ0v) is 20.1. The van der Waals surface area contributed by atoms with E-state index < -0.39 is 0 Å². The van der Waals surface area contributed by atoms with Crippen LogP contribution in [0.4, 0.5) is 4.39 Å². The van der Waals surface area contributed by atoms with Gasteiger partial charge in [0.1, 0.15) is 12.4 Å². The largest absolute Gasteiger partial charge is 0.376 e. The zero-order valence-electron chi connectivity index (χ0n) is 19.3. The van der Waals surface area contributed by atoms with E-state index in [1.165, 1.54) is 12.1 Å². The van der Waals surface area contributed by atoms with Gasteiger partial charge in [0.15, 0.2) is 0 Å². The normalized spacial score (nSPS) is 15.3. The molecule has 0 radical (unpaired) electrons. The second-order valence-electron chi connectivity index (χ2n) is 8.59. The van der Waals surface area contributed by atoms with Gasteiger partial charge in [0.05, 0.1) is 12.6 Å². The Bertz CT molecular complexity index is 1100. The fraction of sp³-hybridized carbons (Fsp3) is 0.333. The Morgan fingerprint density at radius 3 is 2.50 bits per heavy atom. The molecule has 0 saturated carbocycles. The Kier molecular flexibility index (Phi) is 8.08. The summed E-state index contributed by atoms with van der Waals surface area (Å²) < 4.78 is 19.2. The highest BCUT2D eigenvalue weighted by Gasteiger charge is 2.28. The highest BCUT2D eigenvalue weighted by Crippen LogP contribution is 2.19. The van der Waals surface area contributed by atoms with Crippen molar-refractivity contribution in [1.82, 2.24) is 9.80 Å². The predicted octanol–water partition coefficient (Wildman–Crippen LogP) is 5.05. The third kappa shape index (κ3) is 6.30. The molecule has 0 bridgehead atoms. The Hall–Kier alpha value is -3.03. The minimum absolute atomic E-state index is 0.0421. The van der Waals surface area contributed by atoms with Gasteiger partial charge in [-0.15, -0.1) is 11.3 Å². The van der Waals surface area contributed by atoms with Crippen LogP contribution in [0.3, 0.4) is 0 Å². The van der Waals surface area contributed by atoms with Gasteiger partial charge in [-0.3, -0.25) is 9.59 Å². The number of hydrogen-bond donors (Lipinski definition) is 0. The Balaban J connectivity index is 1.55. The van der Waals surface area contributed by atoms with Gasteiger partial charge in [-0.25, -0.2) is 4.39 Å². The van der Waals surface area contributed by atoms with Crippen molar-refractivity contribution >= 4 is 23.2 Å². The van der Waals surface area contributed by atoms with E-state index >= 15 is 0 Å². The van der Waals surface area contributed by atoms with Crippen molar-refractivity contribution in [1.29, 1.82) is 0 Å². The van der Waals surface area contributed by atoms with E-state index in [2.05, 4.69) is 0 Å². The molecular formula is C27H29FN2O3S. The molecule has 4 rings (SSSR count). The molecule has 1 saturated heterocycles. The van der Waals surface area contributed by atoms with Gasteiger partial charge in [-0.1, -0.05) is 36.4 Å². The lowest BCUT2D eigenvalue weighted by Gasteiger charge is -2.29. The van der Waals surface area contributed by atoms with Crippen LogP contribution in [-0.4, -0.2) is 47.4 Å². The number of carbonyl (C=O) groups excluding carboxylic acids is 2. The van der Waals surface area contributed by atoms with Gasteiger partial charge in [0.2, 0.25) is 5.91 Å². The molecular weight excluding hydrogens is 451 g/mol. The van der Waals surface area contributed by atoms with Crippen LogP contribution >= 0.6 is 11.3 Å². The highest BCUT2D eigenvalue weighted by molar-refractivity contribution is 7.09. The summed E-state index contributed by atoms with van der Waals surface area (Å²) in [5.41, 5.74) is 2.30. The molecule has 0 spiro atoms. The molecule has 1 fully saturated rings. The predicted molar refractivity (Wildman–Crippen MR) is 131 cm³/mol. The molecule has 2 amide bonds. The topological polar surface area (TPSA) is 49.9 Å². The zero-order chi connectivity index (χ0) is 23.9. The fourth-order valence-corrected chi connectivity index (χ4v) is 4.85. The number of halogens is 1. The molecule has 1 atom stereocenters. The molecule has 2 aromatic carbocycles. The molecule has 1 unspecified atom stereocenters. The SMILES string of the molecule is Cc1ccccc1C(=O)N(CC(=O)N(Cc1ccc(F)cc1)Cc1cccs1)CC1CCCO1. The van der Waals surface area contributed by atoms with E-state index in [1.807, 2.05) is 42.6 Å². The smallest absolute Gasteiger partial charge is 0.254 e. The molecule has 5 nitrogen and oxygen atoms in total. The van der Waals surface area contributed by atoms with Gasteiger partial charge in [-0.05, 0) is 60.5 Å². The fourth-order valence-electron chi connectivity index (χ4n) is 4.13. The van der Waals surface area contributed by atoms with Crippen LogP contribution in [0, 0.1) is 12.7 Å². The summed E-state index contributed by atoms with van der Waals surface area (Å²) in [6, 6.07) is 17.5. The Labute approximate surface area is 203 Å². The van der Waals surface area contributed by atoms with E-state index in [-0.39, 0.29) is 30.3 Å². The summed E-state index contributed by atoms with van der Waals surface area (Å²) in [4.78, 5) is 31.4. The van der Waals surface area contributed by atoms with Gasteiger partial charge in [0.25, 0.3) is 5.91 Å². The van der Waals surface area contributed by atoms with Gasteiger partial charge in [0, 0.05) is 30.1 Å². The Morgan fingerprint density at radius 1 is 1.03 bits per heavy atom. The lowest BCUT2D eigenvalue weighted by molar-refractivity contribution is -0.133. The highest BCUT2D eigenvalue weighted by atomic mass is 32.1. The standard InChI is InChI=1S/C27H29FN2O3S/c1-20-6-2-3-9-25(20)27(32)30(17-23-7-4-14-33-23)19-26(31)29(18-24-8-5-15-34-24)16-21-10-12-22(28)13-11-21/h2-3,5-6,8-13,15,23H,4,7,14,16-19H2,1H3. The number of thiophene rings is 1. The van der Waals surface area contributed by atoms with Gasteiger partial charge in [-0.2, -0.15) is 0 Å². The lowest BCUT2D eigenvalue weighted by atomic mass is 10.1. The first-order valence-electron chi connectivity index (χ1n) is 11.5. The molecule has 2 heterocycles. The summed E-state index contributed by atoms with van der Waals surface area (Å²) in [7, 11) is 0. The molecule has 34 heavy (non-hydrogen) atoms. The first kappa shape index (κ1) is 24.1. The summed E-state index contributed by atoms with van der Waals surface area (Å²) in [5, 5.41) is 1.97. The molecule has 1 aromatic heterocycles. The van der Waals surface area contributed by atoms with Gasteiger partial charge >= 0.3 is 0 Å². The number of carbonyl (C=O) groups is 2. The molecule has 0 aliphatic carbocycles. The minimum atomic E-state index is -0.313. The second-order valence-corrected chi connectivity index (χ2v) is 9.62. The molecule has 1 aliphatic heterocycles. The third-order valence-corrected chi connectivity index (χ3v) is 6.86. The summed E-state index contributed by atoms with van der Waals surface area (Å²) in [5.74, 6) is -0.635. The van der Waals surface area contributed by atoms with Crippen LogP contribution in [0.15, 0.2) is 66.0 Å². The number of amides is 2. The van der Waals surface area contributed by atoms with Crippen LogP contribution in [0.5, 0.6) is 0 Å². The quantitative estimate of drug-likeness (QED) is 0.431. The van der Waals surface area contributed by atoms with Crippen molar-refractivity contribution in [2.45, 2.75) is 39.0 Å². The van der Waals surface area contributed by atoms with E-state index in [1.54, 1.807) is 39.3 Å². The number of ether oxygens (including phenoxy) is 1. The molecule has 0 N–H and O–H groups in total. The lowest BCUT2D eigenvalue weighted by Crippen LogP contribution is -2.45. The third-order valence-electron chi connectivity index (χ3n) is 6.00. The van der Waals surface area contributed by atoms with Gasteiger partial charge < -0.3 is 14.5 Å². The van der Waals surface area contributed by atoms with Crippen LogP contribution in [0.25, 0.3) is 0 Å². The number of aryl methyl sites for hydroxylation is 1. The maximum absolute atomic E-state index is 13.6. The van der Waals surface area contributed by atoms with Crippen LogP contribution in [-0.2, 0) is 22.6 Å². The summed E-state index contributed by atoms with van der Waals surface area (Å²) >= 11 is 1.58. The maximum atomic E-state index is 13.6. The number of rotatable bonds is 9. The average Bonchev–Trinajstić information content (AvgIpc) is 3.54. The summed E-state index contributed by atoms with van der Waals surface area (Å²) in [6.45, 7) is 3.68. The first-order chi connectivity index (χ1) is 16.5. The number of benzene rings is 2. The number of nitrogens with zero attached hydrogens (tertiary/aromatic N) is 2. The van der Waals surface area contributed by atoms with Crippen molar-refractivity contribution in [3.05, 3.63) is 93.4 Å². The monoisotopic (exact) mass is 480 g/mol. The van der Waals surface area contributed by atoms with Crippen LogP contribution in [0.2, 0.25) is 0 Å². The molecule has 1 aliphatic rings. The van der Waals surface area contributed by atoms with Crippen LogP contribution < -0.4 is 0 Å². The van der Waals surface area contributed by atoms with Crippen molar-refractivity contribution in [3.63, 3.8) is 0 Å². The summed E-state index contributed by atoms with van der Waals surface area (Å²) in [6.07, 6.45) is 1.77. The second kappa shape index (κ2) is 11.4. The molecule has 3 aromatic rings.